The molecule has 24 heavy (non-hydrogen) atoms. The molecule has 0 aliphatic carbocycles. The van der Waals surface area contributed by atoms with Crippen LogP contribution < -0.4 is 4.90 Å². The van der Waals surface area contributed by atoms with Crippen molar-refractivity contribution in [2.24, 2.45) is 5.92 Å². The lowest BCUT2D eigenvalue weighted by molar-refractivity contribution is -0.141. The number of aliphatic carboxylic acids is 1. The molecule has 3 rings (SSSR count). The van der Waals surface area contributed by atoms with Gasteiger partial charge in [-0.1, -0.05) is 12.1 Å². The minimum absolute atomic E-state index is 0.121. The first kappa shape index (κ1) is 16.9. The number of carboxylic acid groups (broad SMARTS) is 1. The summed E-state index contributed by atoms with van der Waals surface area (Å²) >= 11 is 1.61. The quantitative estimate of drug-likeness (QED) is 0.899. The second-order valence-electron chi connectivity index (χ2n) is 6.30. The molecule has 0 amide bonds. The summed E-state index contributed by atoms with van der Waals surface area (Å²) in [6.07, 6.45) is 1.85. The van der Waals surface area contributed by atoms with Crippen molar-refractivity contribution in [3.8, 4) is 0 Å². The summed E-state index contributed by atoms with van der Waals surface area (Å²) < 4.78 is 13.1. The first-order chi connectivity index (χ1) is 11.4. The van der Waals surface area contributed by atoms with Crippen LogP contribution in [0.25, 0.3) is 0 Å². The molecule has 5 nitrogen and oxygen atoms in total. The fraction of sp³-hybridized carbons (Fsp3) is 0.412. The van der Waals surface area contributed by atoms with Gasteiger partial charge < -0.3 is 10.0 Å². The number of hydrogen-bond donors (Lipinski definition) is 1. The van der Waals surface area contributed by atoms with Gasteiger partial charge in [-0.15, -0.1) is 11.3 Å². The van der Waals surface area contributed by atoms with Crippen LogP contribution in [0.5, 0.6) is 0 Å². The number of thiazole rings is 1. The molecule has 2 heterocycles. The van der Waals surface area contributed by atoms with Crippen molar-refractivity contribution in [2.45, 2.75) is 12.5 Å². The highest BCUT2D eigenvalue weighted by molar-refractivity contribution is 7.15. The summed E-state index contributed by atoms with van der Waals surface area (Å²) in [5.41, 5.74) is 0.879. The molecule has 1 aromatic carbocycles. The van der Waals surface area contributed by atoms with Crippen LogP contribution in [0.2, 0.25) is 0 Å². The number of nitrogens with zero attached hydrogens (tertiary/aromatic N) is 3. The minimum Gasteiger partial charge on any atom is -0.481 e. The normalized spacial score (nSPS) is 21.1. The van der Waals surface area contributed by atoms with Gasteiger partial charge in [0, 0.05) is 50.7 Å². The number of carboxylic acids is 1. The van der Waals surface area contributed by atoms with Crippen LogP contribution >= 0.6 is 11.3 Å². The van der Waals surface area contributed by atoms with Crippen molar-refractivity contribution in [3.05, 3.63) is 46.7 Å². The predicted molar refractivity (Wildman–Crippen MR) is 92.0 cm³/mol. The molecule has 1 N–H and O–H groups in total. The molecular formula is C17H20FN3O2S. The van der Waals surface area contributed by atoms with E-state index >= 15 is 0 Å². The molecule has 0 bridgehead atoms. The van der Waals surface area contributed by atoms with E-state index in [1.54, 1.807) is 23.5 Å². The van der Waals surface area contributed by atoms with Gasteiger partial charge >= 0.3 is 5.97 Å². The fourth-order valence-electron chi connectivity index (χ4n) is 3.11. The first-order valence-corrected chi connectivity index (χ1v) is 8.58. The Kier molecular flexibility index (Phi) is 4.82. The van der Waals surface area contributed by atoms with E-state index in [2.05, 4.69) is 9.88 Å². The van der Waals surface area contributed by atoms with Crippen LogP contribution in [0.15, 0.2) is 30.5 Å². The van der Waals surface area contributed by atoms with Crippen LogP contribution in [0.3, 0.4) is 0 Å². The zero-order valence-corrected chi connectivity index (χ0v) is 14.5. The third-order valence-corrected chi connectivity index (χ3v) is 5.46. The van der Waals surface area contributed by atoms with Gasteiger partial charge in [0.15, 0.2) is 5.13 Å². The molecular weight excluding hydrogens is 329 g/mol. The molecule has 1 aromatic heterocycles. The van der Waals surface area contributed by atoms with Crippen molar-refractivity contribution in [1.82, 2.24) is 9.88 Å². The molecule has 0 radical (unpaired) electrons. The van der Waals surface area contributed by atoms with E-state index in [1.165, 1.54) is 12.1 Å². The smallest absolute Gasteiger partial charge is 0.308 e. The highest BCUT2D eigenvalue weighted by atomic mass is 32.1. The van der Waals surface area contributed by atoms with E-state index in [9.17, 15) is 14.3 Å². The molecule has 0 spiro atoms. The average molecular weight is 349 g/mol. The Labute approximate surface area is 144 Å². The van der Waals surface area contributed by atoms with E-state index in [0.717, 1.165) is 15.6 Å². The highest BCUT2D eigenvalue weighted by Gasteiger charge is 2.38. The van der Waals surface area contributed by atoms with Gasteiger partial charge in [-0.25, -0.2) is 9.37 Å². The van der Waals surface area contributed by atoms with Crippen molar-refractivity contribution in [3.63, 3.8) is 0 Å². The number of benzene rings is 1. The van der Waals surface area contributed by atoms with Crippen LogP contribution in [0.1, 0.15) is 16.4 Å². The zero-order chi connectivity index (χ0) is 17.3. The summed E-state index contributed by atoms with van der Waals surface area (Å²) in [4.78, 5) is 21.2. The Morgan fingerprint density at radius 1 is 1.38 bits per heavy atom. The van der Waals surface area contributed by atoms with E-state index in [1.807, 2.05) is 25.2 Å². The maximum Gasteiger partial charge on any atom is 0.308 e. The molecule has 1 saturated heterocycles. The third kappa shape index (κ3) is 3.57. The SMILES string of the molecule is CN(C)c1ncc(CN2C[C@H](C(=O)O)[C@@H](c3ccc(F)cc3)C2)s1. The lowest BCUT2D eigenvalue weighted by Gasteiger charge is -2.15. The van der Waals surface area contributed by atoms with Crippen LogP contribution in [-0.4, -0.2) is 48.1 Å². The summed E-state index contributed by atoms with van der Waals surface area (Å²) in [6.45, 7) is 1.83. The molecule has 1 fully saturated rings. The van der Waals surface area contributed by atoms with Crippen LogP contribution in [0.4, 0.5) is 9.52 Å². The van der Waals surface area contributed by atoms with Crippen molar-refractivity contribution in [1.29, 1.82) is 0 Å². The molecule has 1 aliphatic heterocycles. The summed E-state index contributed by atoms with van der Waals surface area (Å²) in [6, 6.07) is 6.17. The number of hydrogen-bond acceptors (Lipinski definition) is 5. The number of aromatic nitrogens is 1. The Hall–Kier alpha value is -1.99. The molecule has 2 aromatic rings. The third-order valence-electron chi connectivity index (χ3n) is 4.31. The predicted octanol–water partition coefficient (Wildman–Crippen LogP) is 2.65. The minimum atomic E-state index is -0.801. The number of carbonyl (C=O) groups is 1. The number of rotatable bonds is 5. The maximum absolute atomic E-state index is 13.1. The lowest BCUT2D eigenvalue weighted by atomic mass is 9.89. The van der Waals surface area contributed by atoms with Gasteiger partial charge in [0.25, 0.3) is 0 Å². The monoisotopic (exact) mass is 349 g/mol. The first-order valence-electron chi connectivity index (χ1n) is 7.76. The Morgan fingerprint density at radius 3 is 2.67 bits per heavy atom. The maximum atomic E-state index is 13.1. The van der Waals surface area contributed by atoms with Crippen molar-refractivity contribution >= 4 is 22.4 Å². The largest absolute Gasteiger partial charge is 0.481 e. The highest BCUT2D eigenvalue weighted by Crippen LogP contribution is 2.34. The molecule has 128 valence electrons. The van der Waals surface area contributed by atoms with Gasteiger partial charge in [0.05, 0.1) is 5.92 Å². The van der Waals surface area contributed by atoms with E-state index in [0.29, 0.717) is 19.6 Å². The topological polar surface area (TPSA) is 56.7 Å². The Bertz CT molecular complexity index is 717. The van der Waals surface area contributed by atoms with Crippen LogP contribution in [-0.2, 0) is 11.3 Å². The number of halogens is 1. The summed E-state index contributed by atoms with van der Waals surface area (Å²) in [5.74, 6) is -1.70. The Balaban J connectivity index is 1.74. The zero-order valence-electron chi connectivity index (χ0n) is 13.6. The Morgan fingerprint density at radius 2 is 2.08 bits per heavy atom. The van der Waals surface area contributed by atoms with E-state index < -0.39 is 11.9 Å². The van der Waals surface area contributed by atoms with E-state index in [-0.39, 0.29) is 11.7 Å². The van der Waals surface area contributed by atoms with Crippen LogP contribution in [0, 0.1) is 11.7 Å². The van der Waals surface area contributed by atoms with Gasteiger partial charge in [-0.2, -0.15) is 0 Å². The molecule has 0 unspecified atom stereocenters. The average Bonchev–Trinajstić information content (AvgIpc) is 3.15. The standard InChI is InChI=1S/C17H20FN3O2S/c1-20(2)17-19-7-13(24-17)8-21-9-14(15(10-21)16(22)23)11-3-5-12(18)6-4-11/h3-7,14-15H,8-10H2,1-2H3,(H,22,23)/t14-,15+/m1/s1. The van der Waals surface area contributed by atoms with Gasteiger partial charge in [-0.05, 0) is 17.7 Å². The van der Waals surface area contributed by atoms with Gasteiger partial charge in [0.2, 0.25) is 0 Å². The fourth-order valence-corrected chi connectivity index (χ4v) is 3.98. The summed E-state index contributed by atoms with van der Waals surface area (Å²) in [5, 5.41) is 10.5. The second-order valence-corrected chi connectivity index (χ2v) is 7.39. The van der Waals surface area contributed by atoms with Gasteiger partial charge in [-0.3, -0.25) is 9.69 Å². The van der Waals surface area contributed by atoms with Gasteiger partial charge in [0.1, 0.15) is 5.82 Å². The molecule has 1 aliphatic rings. The lowest BCUT2D eigenvalue weighted by Crippen LogP contribution is -2.23. The van der Waals surface area contributed by atoms with Crippen molar-refractivity contribution < 1.29 is 14.3 Å². The van der Waals surface area contributed by atoms with E-state index in [4.69, 9.17) is 0 Å². The molecule has 2 atom stereocenters. The second kappa shape index (κ2) is 6.86. The number of anilines is 1. The van der Waals surface area contributed by atoms with Crippen molar-refractivity contribution in [2.75, 3.05) is 32.1 Å². The molecule has 7 heteroatoms. The summed E-state index contributed by atoms with van der Waals surface area (Å²) in [7, 11) is 3.90. The number of likely N-dealkylation sites (tertiary alicyclic amines) is 1. The molecule has 0 saturated carbocycles.